The molecule has 2 aromatic carbocycles. The van der Waals surface area contributed by atoms with Gasteiger partial charge in [0.1, 0.15) is 0 Å². The Balaban J connectivity index is 0.00000280. The molecule has 5 nitrogen and oxygen atoms in total. The third-order valence-corrected chi connectivity index (χ3v) is 6.39. The molecule has 28 heavy (non-hydrogen) atoms. The van der Waals surface area contributed by atoms with Gasteiger partial charge in [0.05, 0.1) is 24.2 Å². The lowest BCUT2D eigenvalue weighted by Gasteiger charge is -2.31. The molecule has 1 aliphatic rings. The van der Waals surface area contributed by atoms with Crippen LogP contribution in [0, 0.1) is 0 Å². The summed E-state index contributed by atoms with van der Waals surface area (Å²) in [4.78, 5) is 2.54. The summed E-state index contributed by atoms with van der Waals surface area (Å²) in [5, 5.41) is 0. The lowest BCUT2D eigenvalue weighted by molar-refractivity contribution is 0.0345. The molecule has 154 valence electrons. The van der Waals surface area contributed by atoms with Crippen LogP contribution in [-0.4, -0.2) is 46.2 Å². The number of nitrogens with one attached hydrogen (secondary N) is 1. The van der Waals surface area contributed by atoms with Gasteiger partial charge >= 0.3 is 0 Å². The number of halogens is 1. The van der Waals surface area contributed by atoms with Crippen molar-refractivity contribution in [2.45, 2.75) is 30.7 Å². The number of ether oxygens (including phenoxy) is 1. The number of morpholine rings is 1. The third kappa shape index (κ3) is 6.03. The molecule has 1 heterocycles. The normalized spacial score (nSPS) is 16.5. The van der Waals surface area contributed by atoms with E-state index in [2.05, 4.69) is 23.5 Å². The van der Waals surface area contributed by atoms with Crippen LogP contribution in [0.25, 0.3) is 0 Å². The van der Waals surface area contributed by atoms with Crippen molar-refractivity contribution in [3.63, 3.8) is 0 Å². The minimum atomic E-state index is -3.61. The Morgan fingerprint density at radius 1 is 0.964 bits per heavy atom. The highest BCUT2D eigenvalue weighted by atomic mass is 35.5. The molecule has 7 heteroatoms. The molecule has 2 aromatic rings. The zero-order valence-electron chi connectivity index (χ0n) is 16.4. The minimum Gasteiger partial charge on any atom is -0.379 e. The smallest absolute Gasteiger partial charge is 0.241 e. The minimum absolute atomic E-state index is 0. The first-order chi connectivity index (χ1) is 13.0. The molecule has 1 aliphatic heterocycles. The van der Waals surface area contributed by atoms with Gasteiger partial charge in [-0.3, -0.25) is 4.90 Å². The molecule has 0 aromatic heterocycles. The number of nitrogens with zero attached hydrogens (tertiary/aromatic N) is 1. The van der Waals surface area contributed by atoms with E-state index in [1.54, 1.807) is 12.1 Å². The van der Waals surface area contributed by atoms with Gasteiger partial charge < -0.3 is 4.74 Å². The van der Waals surface area contributed by atoms with Crippen molar-refractivity contribution < 1.29 is 13.2 Å². The zero-order chi connectivity index (χ0) is 19.3. The molecular weight excluding hydrogens is 396 g/mol. The fourth-order valence-corrected chi connectivity index (χ4v) is 4.44. The summed E-state index contributed by atoms with van der Waals surface area (Å²) in [6.07, 6.45) is 0. The van der Waals surface area contributed by atoms with E-state index < -0.39 is 10.0 Å². The van der Waals surface area contributed by atoms with Crippen molar-refractivity contribution in [3.05, 3.63) is 65.7 Å². The Morgan fingerprint density at radius 3 is 2.14 bits per heavy atom. The van der Waals surface area contributed by atoms with Gasteiger partial charge in [0.25, 0.3) is 0 Å². The van der Waals surface area contributed by atoms with Crippen LogP contribution in [0.4, 0.5) is 0 Å². The largest absolute Gasteiger partial charge is 0.379 e. The molecule has 3 rings (SSSR count). The standard InChI is InChI=1S/C21H28N2O3S.ClH/c1-17(2)18-8-10-20(11-9-18)27(24,25)22-21(19-6-4-3-5-7-19)16-23-12-14-26-15-13-23;/h3-11,17,21-22H,12-16H2,1-2H3;1H. The summed E-state index contributed by atoms with van der Waals surface area (Å²) in [6, 6.07) is 16.6. The monoisotopic (exact) mass is 424 g/mol. The van der Waals surface area contributed by atoms with E-state index in [-0.39, 0.29) is 18.4 Å². The highest BCUT2D eigenvalue weighted by molar-refractivity contribution is 7.89. The van der Waals surface area contributed by atoms with Crippen molar-refractivity contribution >= 4 is 22.4 Å². The van der Waals surface area contributed by atoms with Gasteiger partial charge in [0.2, 0.25) is 10.0 Å². The van der Waals surface area contributed by atoms with Gasteiger partial charge in [-0.25, -0.2) is 13.1 Å². The van der Waals surface area contributed by atoms with E-state index in [9.17, 15) is 8.42 Å². The second-order valence-corrected chi connectivity index (χ2v) is 8.94. The number of hydrogen-bond acceptors (Lipinski definition) is 4. The van der Waals surface area contributed by atoms with Gasteiger partial charge in [0.15, 0.2) is 0 Å². The molecule has 0 amide bonds. The van der Waals surface area contributed by atoms with E-state index >= 15 is 0 Å². The van der Waals surface area contributed by atoms with E-state index in [0.717, 1.165) is 24.2 Å². The van der Waals surface area contributed by atoms with E-state index in [1.807, 2.05) is 42.5 Å². The van der Waals surface area contributed by atoms with Crippen LogP contribution in [-0.2, 0) is 14.8 Å². The maximum Gasteiger partial charge on any atom is 0.241 e. The second-order valence-electron chi connectivity index (χ2n) is 7.22. The molecule has 1 N–H and O–H groups in total. The number of rotatable bonds is 7. The second kappa shape index (κ2) is 10.4. The molecule has 1 saturated heterocycles. The molecule has 0 saturated carbocycles. The van der Waals surface area contributed by atoms with Crippen molar-refractivity contribution in [1.29, 1.82) is 0 Å². The fourth-order valence-electron chi connectivity index (χ4n) is 3.23. The predicted octanol–water partition coefficient (Wildman–Crippen LogP) is 3.58. The first-order valence-electron chi connectivity index (χ1n) is 9.43. The van der Waals surface area contributed by atoms with Crippen LogP contribution >= 0.6 is 12.4 Å². The van der Waals surface area contributed by atoms with Gasteiger partial charge in [0, 0.05) is 19.6 Å². The molecule has 1 fully saturated rings. The van der Waals surface area contributed by atoms with Crippen LogP contribution in [0.5, 0.6) is 0 Å². The number of sulfonamides is 1. The van der Waals surface area contributed by atoms with E-state index in [0.29, 0.717) is 30.6 Å². The average Bonchev–Trinajstić information content (AvgIpc) is 2.69. The van der Waals surface area contributed by atoms with Crippen LogP contribution in [0.15, 0.2) is 59.5 Å². The first kappa shape index (κ1) is 22.8. The fraction of sp³-hybridized carbons (Fsp3) is 0.429. The SMILES string of the molecule is CC(C)c1ccc(S(=O)(=O)NC(CN2CCOCC2)c2ccccc2)cc1.Cl. The molecule has 0 bridgehead atoms. The summed E-state index contributed by atoms with van der Waals surface area (Å²) in [5.74, 6) is 0.369. The molecular formula is C21H29ClN2O3S. The van der Waals surface area contributed by atoms with Crippen LogP contribution < -0.4 is 4.72 Å². The predicted molar refractivity (Wildman–Crippen MR) is 115 cm³/mol. The molecule has 1 atom stereocenters. The lowest BCUT2D eigenvalue weighted by Crippen LogP contribution is -2.43. The number of benzene rings is 2. The van der Waals surface area contributed by atoms with Crippen LogP contribution in [0.2, 0.25) is 0 Å². The van der Waals surface area contributed by atoms with E-state index in [1.165, 1.54) is 0 Å². The lowest BCUT2D eigenvalue weighted by atomic mass is 10.0. The molecule has 0 aliphatic carbocycles. The Kier molecular flexibility index (Phi) is 8.46. The molecule has 1 unspecified atom stereocenters. The van der Waals surface area contributed by atoms with Gasteiger partial charge in [-0.1, -0.05) is 56.3 Å². The summed E-state index contributed by atoms with van der Waals surface area (Å²) >= 11 is 0. The highest BCUT2D eigenvalue weighted by Crippen LogP contribution is 2.21. The van der Waals surface area contributed by atoms with Gasteiger partial charge in [-0.05, 0) is 29.2 Å². The Hall–Kier alpha value is -1.44. The van der Waals surface area contributed by atoms with Crippen molar-refractivity contribution in [2.75, 3.05) is 32.8 Å². The van der Waals surface area contributed by atoms with Crippen molar-refractivity contribution in [1.82, 2.24) is 9.62 Å². The summed E-state index contributed by atoms with van der Waals surface area (Å²) in [7, 11) is -3.61. The highest BCUT2D eigenvalue weighted by Gasteiger charge is 2.24. The topological polar surface area (TPSA) is 58.6 Å². The molecule has 0 spiro atoms. The zero-order valence-corrected chi connectivity index (χ0v) is 18.0. The van der Waals surface area contributed by atoms with Crippen LogP contribution in [0.1, 0.15) is 36.9 Å². The number of hydrogen-bond donors (Lipinski definition) is 1. The van der Waals surface area contributed by atoms with E-state index in [4.69, 9.17) is 4.74 Å². The van der Waals surface area contributed by atoms with Crippen LogP contribution in [0.3, 0.4) is 0 Å². The van der Waals surface area contributed by atoms with Gasteiger partial charge in [-0.2, -0.15) is 0 Å². The van der Waals surface area contributed by atoms with Gasteiger partial charge in [-0.15, -0.1) is 12.4 Å². The summed E-state index contributed by atoms with van der Waals surface area (Å²) in [5.41, 5.74) is 2.09. The Morgan fingerprint density at radius 2 is 1.57 bits per heavy atom. The Labute approximate surface area is 174 Å². The van der Waals surface area contributed by atoms with Crippen molar-refractivity contribution in [2.24, 2.45) is 0 Å². The quantitative estimate of drug-likeness (QED) is 0.738. The summed E-state index contributed by atoms with van der Waals surface area (Å²) < 4.78 is 34.3. The average molecular weight is 425 g/mol. The first-order valence-corrected chi connectivity index (χ1v) is 10.9. The molecule has 0 radical (unpaired) electrons. The Bertz CT molecular complexity index is 820. The maximum absolute atomic E-state index is 13.0. The maximum atomic E-state index is 13.0. The van der Waals surface area contributed by atoms with Crippen molar-refractivity contribution in [3.8, 4) is 0 Å². The summed E-state index contributed by atoms with van der Waals surface area (Å²) in [6.45, 7) is 7.81. The third-order valence-electron chi connectivity index (χ3n) is 4.90.